The number of urea groups is 1. The first-order chi connectivity index (χ1) is 17.1. The number of aliphatic hydroxyl groups is 1. The van der Waals surface area contributed by atoms with E-state index < -0.39 is 42.2 Å². The molecule has 3 atom stereocenters. The van der Waals surface area contributed by atoms with E-state index in [2.05, 4.69) is 5.32 Å². The molecule has 0 saturated carbocycles. The zero-order chi connectivity index (χ0) is 26.1. The number of nitrogens with zero attached hydrogens (tertiary/aromatic N) is 1. The Morgan fingerprint density at radius 2 is 1.81 bits per heavy atom. The van der Waals surface area contributed by atoms with E-state index in [1.54, 1.807) is 23.6 Å². The summed E-state index contributed by atoms with van der Waals surface area (Å²) in [4.78, 5) is 27.2. The summed E-state index contributed by atoms with van der Waals surface area (Å²) < 4.78 is 55.2. The lowest BCUT2D eigenvalue weighted by Gasteiger charge is -2.51. The fourth-order valence-corrected chi connectivity index (χ4v) is 5.16. The molecule has 2 amide bonds. The molecule has 0 aliphatic carbocycles. The van der Waals surface area contributed by atoms with Crippen molar-refractivity contribution < 1.29 is 37.3 Å². The van der Waals surface area contributed by atoms with Crippen LogP contribution in [0.3, 0.4) is 0 Å². The van der Waals surface area contributed by atoms with Crippen LogP contribution < -0.4 is 14.8 Å². The minimum atomic E-state index is -5.39. The third-order valence-electron chi connectivity index (χ3n) is 6.12. The van der Waals surface area contributed by atoms with Gasteiger partial charge in [0, 0.05) is 5.56 Å². The predicted octanol–water partition coefficient (Wildman–Crippen LogP) is 4.78. The van der Waals surface area contributed by atoms with Crippen LogP contribution in [0.1, 0.15) is 26.8 Å². The van der Waals surface area contributed by atoms with Gasteiger partial charge in [0.15, 0.2) is 17.3 Å². The van der Waals surface area contributed by atoms with Crippen LogP contribution in [0.4, 0.5) is 18.0 Å². The highest BCUT2D eigenvalue weighted by Crippen LogP contribution is 2.51. The highest BCUT2D eigenvalue weighted by atomic mass is 32.1. The Hall–Kier alpha value is -3.57. The Balaban J connectivity index is 1.94. The van der Waals surface area contributed by atoms with E-state index in [-0.39, 0.29) is 26.8 Å². The molecule has 0 bridgehead atoms. The van der Waals surface area contributed by atoms with Gasteiger partial charge >= 0.3 is 12.2 Å². The molecule has 1 saturated heterocycles. The van der Waals surface area contributed by atoms with Gasteiger partial charge in [-0.3, -0.25) is 9.69 Å². The standard InChI is InChI=1S/C25H23F3N2O5S/c1-34-17-11-6-10-16(22(17)35-2)20-19(21(31)18-12-7-13-36-18)24(33,25(26,27)28)30(23(32)29-20)14-15-8-4-3-5-9-15/h3-13,19-20,33H,14H2,1-2H3,(H,29,32)/t19-,20-,24-/m0/s1. The van der Waals surface area contributed by atoms with Crippen molar-refractivity contribution in [2.75, 3.05) is 14.2 Å². The van der Waals surface area contributed by atoms with Crippen LogP contribution in [-0.2, 0) is 6.54 Å². The quantitative estimate of drug-likeness (QED) is 0.438. The third-order valence-corrected chi connectivity index (χ3v) is 7.00. The number of ether oxygens (including phenoxy) is 2. The molecule has 0 radical (unpaired) electrons. The molecular formula is C25H23F3N2O5S. The number of benzene rings is 2. The van der Waals surface area contributed by atoms with Crippen LogP contribution in [0.2, 0.25) is 0 Å². The number of hydrogen-bond acceptors (Lipinski definition) is 6. The van der Waals surface area contributed by atoms with Crippen molar-refractivity contribution in [1.82, 2.24) is 10.2 Å². The summed E-state index contributed by atoms with van der Waals surface area (Å²) in [6.07, 6.45) is -5.39. The zero-order valence-electron chi connectivity index (χ0n) is 19.3. The topological polar surface area (TPSA) is 88.1 Å². The molecule has 1 aromatic heterocycles. The maximum atomic E-state index is 14.8. The van der Waals surface area contributed by atoms with Crippen molar-refractivity contribution in [2.45, 2.75) is 24.5 Å². The Bertz CT molecular complexity index is 1240. The predicted molar refractivity (Wildman–Crippen MR) is 126 cm³/mol. The van der Waals surface area contributed by atoms with E-state index >= 15 is 0 Å². The SMILES string of the molecule is COc1cccc([C@@H]2NC(=O)N(Cc3ccccc3)[C@@](O)(C(F)(F)F)[C@@H]2C(=O)c2cccs2)c1OC. The van der Waals surface area contributed by atoms with Crippen LogP contribution in [-0.4, -0.2) is 47.9 Å². The van der Waals surface area contributed by atoms with Gasteiger partial charge in [-0.15, -0.1) is 11.3 Å². The second-order valence-electron chi connectivity index (χ2n) is 8.12. The first kappa shape index (κ1) is 25.5. The Morgan fingerprint density at radius 1 is 1.08 bits per heavy atom. The number of Topliss-reactive ketones (excluding diaryl/α,β-unsaturated/α-hetero) is 1. The van der Waals surface area contributed by atoms with Crippen LogP contribution in [0, 0.1) is 5.92 Å². The van der Waals surface area contributed by atoms with E-state index in [1.807, 2.05) is 0 Å². The Kier molecular flexibility index (Phi) is 6.96. The minimum absolute atomic E-state index is 0.00495. The lowest BCUT2D eigenvalue weighted by atomic mass is 9.77. The van der Waals surface area contributed by atoms with E-state index in [0.717, 1.165) is 11.3 Å². The number of carbonyl (C=O) groups excluding carboxylic acids is 2. The van der Waals surface area contributed by atoms with E-state index in [1.165, 1.54) is 56.7 Å². The Morgan fingerprint density at radius 3 is 2.39 bits per heavy atom. The number of carbonyl (C=O) groups is 2. The molecule has 2 aromatic carbocycles. The molecule has 1 fully saturated rings. The van der Waals surface area contributed by atoms with Crippen LogP contribution in [0.5, 0.6) is 11.5 Å². The van der Waals surface area contributed by atoms with E-state index in [4.69, 9.17) is 9.47 Å². The molecule has 1 aliphatic heterocycles. The number of thiophene rings is 1. The molecule has 11 heteroatoms. The maximum Gasteiger partial charge on any atom is 0.437 e. The normalized spacial score (nSPS) is 22.2. The van der Waals surface area contributed by atoms with Crippen molar-refractivity contribution in [2.24, 2.45) is 5.92 Å². The number of para-hydroxylation sites is 1. The average Bonchev–Trinajstić information content (AvgIpc) is 3.40. The second kappa shape index (κ2) is 9.82. The first-order valence-electron chi connectivity index (χ1n) is 10.8. The Labute approximate surface area is 209 Å². The fourth-order valence-electron chi connectivity index (χ4n) is 4.46. The summed E-state index contributed by atoms with van der Waals surface area (Å²) in [5.41, 5.74) is -3.44. The van der Waals surface area contributed by atoms with Crippen molar-refractivity contribution in [1.29, 1.82) is 0 Å². The third kappa shape index (κ3) is 4.28. The van der Waals surface area contributed by atoms with Gasteiger partial charge in [-0.1, -0.05) is 48.5 Å². The molecular weight excluding hydrogens is 497 g/mol. The van der Waals surface area contributed by atoms with Gasteiger partial charge in [-0.2, -0.15) is 13.2 Å². The van der Waals surface area contributed by atoms with Crippen molar-refractivity contribution in [3.05, 3.63) is 82.0 Å². The summed E-state index contributed by atoms with van der Waals surface area (Å²) in [7, 11) is 2.64. The lowest BCUT2D eigenvalue weighted by Crippen LogP contribution is -2.73. The molecule has 0 spiro atoms. The number of amides is 2. The number of rotatable bonds is 7. The zero-order valence-corrected chi connectivity index (χ0v) is 20.1. The van der Waals surface area contributed by atoms with Gasteiger partial charge in [0.1, 0.15) is 5.92 Å². The monoisotopic (exact) mass is 520 g/mol. The molecule has 2 heterocycles. The number of nitrogens with one attached hydrogen (secondary N) is 1. The molecule has 0 unspecified atom stereocenters. The van der Waals surface area contributed by atoms with Crippen molar-refractivity contribution >= 4 is 23.2 Å². The molecule has 2 N–H and O–H groups in total. The van der Waals surface area contributed by atoms with Gasteiger partial charge in [0.25, 0.3) is 5.72 Å². The summed E-state index contributed by atoms with van der Waals surface area (Å²) >= 11 is 0.942. The van der Waals surface area contributed by atoms with E-state index in [0.29, 0.717) is 5.56 Å². The van der Waals surface area contributed by atoms with Crippen molar-refractivity contribution in [3.8, 4) is 11.5 Å². The van der Waals surface area contributed by atoms with Gasteiger partial charge in [-0.05, 0) is 23.1 Å². The molecule has 36 heavy (non-hydrogen) atoms. The highest BCUT2D eigenvalue weighted by molar-refractivity contribution is 7.12. The van der Waals surface area contributed by atoms with Crippen LogP contribution in [0.25, 0.3) is 0 Å². The number of hydrogen-bond donors (Lipinski definition) is 2. The molecule has 4 rings (SSSR count). The maximum absolute atomic E-state index is 14.8. The number of ketones is 1. The first-order valence-corrected chi connectivity index (χ1v) is 11.7. The molecule has 1 aliphatic rings. The van der Waals surface area contributed by atoms with Crippen molar-refractivity contribution in [3.63, 3.8) is 0 Å². The number of alkyl halides is 3. The summed E-state index contributed by atoms with van der Waals surface area (Å²) in [6, 6.07) is 12.5. The number of methoxy groups -OCH3 is 2. The second-order valence-corrected chi connectivity index (χ2v) is 9.07. The van der Waals surface area contributed by atoms with Gasteiger partial charge in [0.2, 0.25) is 0 Å². The highest BCUT2D eigenvalue weighted by Gasteiger charge is 2.70. The van der Waals surface area contributed by atoms with Crippen LogP contribution >= 0.6 is 11.3 Å². The lowest BCUT2D eigenvalue weighted by molar-refractivity contribution is -0.328. The largest absolute Gasteiger partial charge is 0.493 e. The van der Waals surface area contributed by atoms with Crippen LogP contribution in [0.15, 0.2) is 66.0 Å². The molecule has 7 nitrogen and oxygen atoms in total. The van der Waals surface area contributed by atoms with E-state index in [9.17, 15) is 27.9 Å². The minimum Gasteiger partial charge on any atom is -0.493 e. The summed E-state index contributed by atoms with van der Waals surface area (Å²) in [5, 5.41) is 15.6. The smallest absolute Gasteiger partial charge is 0.437 e. The number of halogens is 3. The summed E-state index contributed by atoms with van der Waals surface area (Å²) in [6.45, 7) is -0.584. The van der Waals surface area contributed by atoms with Gasteiger partial charge < -0.3 is 19.9 Å². The summed E-state index contributed by atoms with van der Waals surface area (Å²) in [5.74, 6) is -2.92. The van der Waals surface area contributed by atoms with Gasteiger partial charge in [-0.25, -0.2) is 4.79 Å². The molecule has 190 valence electrons. The average molecular weight is 521 g/mol. The van der Waals surface area contributed by atoms with Gasteiger partial charge in [0.05, 0.1) is 31.7 Å². The fraction of sp³-hybridized carbons (Fsp3) is 0.280. The molecule has 3 aromatic rings.